The molecule has 0 radical (unpaired) electrons. The molecule has 0 aliphatic heterocycles. The number of aromatic nitrogens is 2. The van der Waals surface area contributed by atoms with Gasteiger partial charge in [-0.15, -0.1) is 0 Å². The first kappa shape index (κ1) is 13.3. The molecule has 0 bridgehead atoms. The normalized spacial score (nSPS) is 10.1. The Labute approximate surface area is 116 Å². The Morgan fingerprint density at radius 3 is 2.79 bits per heavy atom. The summed E-state index contributed by atoms with van der Waals surface area (Å²) in [4.78, 5) is 20.4. The van der Waals surface area contributed by atoms with Crippen molar-refractivity contribution in [1.29, 1.82) is 0 Å². The average Bonchev–Trinajstić information content (AvgIpc) is 2.39. The zero-order valence-electron chi connectivity index (χ0n) is 10.6. The van der Waals surface area contributed by atoms with Gasteiger partial charge >= 0.3 is 0 Å². The van der Waals surface area contributed by atoms with Crippen LogP contribution in [0.5, 0.6) is 0 Å². The van der Waals surface area contributed by atoms with Crippen molar-refractivity contribution in [3.63, 3.8) is 0 Å². The van der Waals surface area contributed by atoms with Gasteiger partial charge in [-0.25, -0.2) is 9.97 Å². The van der Waals surface area contributed by atoms with Gasteiger partial charge in [0, 0.05) is 18.9 Å². The fraction of sp³-hybridized carbons (Fsp3) is 0.154. The summed E-state index contributed by atoms with van der Waals surface area (Å²) in [7, 11) is 1.72. The minimum atomic E-state index is -0.318. The molecule has 2 N–H and O–H groups in total. The highest BCUT2D eigenvalue weighted by molar-refractivity contribution is 6.34. The zero-order valence-corrected chi connectivity index (χ0v) is 11.3. The molecular weight excluding hydrogens is 264 g/mol. The lowest BCUT2D eigenvalue weighted by Crippen LogP contribution is -2.14. The summed E-state index contributed by atoms with van der Waals surface area (Å²) in [6, 6.07) is 6.99. The quantitative estimate of drug-likeness (QED) is 0.905. The molecule has 2 heterocycles. The fourth-order valence-corrected chi connectivity index (χ4v) is 1.73. The average molecular weight is 277 g/mol. The predicted molar refractivity (Wildman–Crippen MR) is 75.7 cm³/mol. The van der Waals surface area contributed by atoms with Crippen molar-refractivity contribution < 1.29 is 4.79 Å². The lowest BCUT2D eigenvalue weighted by molar-refractivity contribution is 0.102. The summed E-state index contributed by atoms with van der Waals surface area (Å²) >= 11 is 5.97. The Kier molecular flexibility index (Phi) is 3.97. The van der Waals surface area contributed by atoms with Crippen LogP contribution in [0.2, 0.25) is 5.02 Å². The molecule has 98 valence electrons. The number of carbonyl (C=O) groups is 1. The smallest absolute Gasteiger partial charge is 0.258 e. The number of amides is 1. The molecule has 0 aromatic carbocycles. The van der Waals surface area contributed by atoms with Crippen LogP contribution in [-0.4, -0.2) is 22.9 Å². The molecule has 0 aliphatic rings. The Bertz CT molecular complexity index is 615. The van der Waals surface area contributed by atoms with Gasteiger partial charge in [0.15, 0.2) is 0 Å². The van der Waals surface area contributed by atoms with Crippen LogP contribution in [0.3, 0.4) is 0 Å². The van der Waals surface area contributed by atoms with Crippen molar-refractivity contribution >= 4 is 29.1 Å². The van der Waals surface area contributed by atoms with Crippen molar-refractivity contribution in [1.82, 2.24) is 9.97 Å². The number of aryl methyl sites for hydroxylation is 1. The van der Waals surface area contributed by atoms with Crippen LogP contribution in [0.25, 0.3) is 0 Å². The number of halogens is 1. The monoisotopic (exact) mass is 276 g/mol. The SMILES string of the molecule is CNc1cc(C(=O)Nc2cccc(C)n2)c(Cl)cn1. The third-order valence-electron chi connectivity index (χ3n) is 2.49. The molecule has 1 amide bonds. The van der Waals surface area contributed by atoms with Gasteiger partial charge in [0.1, 0.15) is 11.6 Å². The van der Waals surface area contributed by atoms with Crippen LogP contribution in [0, 0.1) is 6.92 Å². The van der Waals surface area contributed by atoms with E-state index in [4.69, 9.17) is 11.6 Å². The topological polar surface area (TPSA) is 66.9 Å². The lowest BCUT2D eigenvalue weighted by Gasteiger charge is -2.08. The van der Waals surface area contributed by atoms with E-state index < -0.39 is 0 Å². The van der Waals surface area contributed by atoms with Gasteiger partial charge in [0.2, 0.25) is 0 Å². The third kappa shape index (κ3) is 3.20. The van der Waals surface area contributed by atoms with Gasteiger partial charge in [-0.1, -0.05) is 17.7 Å². The molecule has 0 saturated heterocycles. The van der Waals surface area contributed by atoms with Gasteiger partial charge in [-0.05, 0) is 25.1 Å². The van der Waals surface area contributed by atoms with E-state index in [1.54, 1.807) is 19.2 Å². The molecule has 2 aromatic rings. The molecule has 0 atom stereocenters. The van der Waals surface area contributed by atoms with Crippen molar-refractivity contribution in [2.45, 2.75) is 6.92 Å². The molecule has 19 heavy (non-hydrogen) atoms. The second-order valence-electron chi connectivity index (χ2n) is 3.92. The molecule has 5 nitrogen and oxygen atoms in total. The molecule has 0 aliphatic carbocycles. The maximum Gasteiger partial charge on any atom is 0.258 e. The largest absolute Gasteiger partial charge is 0.373 e. The van der Waals surface area contributed by atoms with E-state index in [0.717, 1.165) is 5.69 Å². The van der Waals surface area contributed by atoms with Gasteiger partial charge in [-0.3, -0.25) is 4.79 Å². The second-order valence-corrected chi connectivity index (χ2v) is 4.32. The van der Waals surface area contributed by atoms with Crippen molar-refractivity contribution in [2.75, 3.05) is 17.7 Å². The summed E-state index contributed by atoms with van der Waals surface area (Å²) in [5, 5.41) is 5.85. The molecule has 2 rings (SSSR count). The molecular formula is C13H13ClN4O. The molecule has 0 fully saturated rings. The van der Waals surface area contributed by atoms with E-state index in [1.165, 1.54) is 6.20 Å². The van der Waals surface area contributed by atoms with Gasteiger partial charge in [0.25, 0.3) is 5.91 Å². The lowest BCUT2D eigenvalue weighted by atomic mass is 10.2. The third-order valence-corrected chi connectivity index (χ3v) is 2.79. The van der Waals surface area contributed by atoms with E-state index in [0.29, 0.717) is 22.2 Å². The van der Waals surface area contributed by atoms with E-state index in [2.05, 4.69) is 20.6 Å². The Morgan fingerprint density at radius 2 is 2.11 bits per heavy atom. The van der Waals surface area contributed by atoms with Crippen LogP contribution in [-0.2, 0) is 0 Å². The fourth-order valence-electron chi connectivity index (χ4n) is 1.55. The van der Waals surface area contributed by atoms with Gasteiger partial charge in [-0.2, -0.15) is 0 Å². The number of hydrogen-bond acceptors (Lipinski definition) is 4. The Morgan fingerprint density at radius 1 is 1.32 bits per heavy atom. The van der Waals surface area contributed by atoms with Crippen LogP contribution in [0.15, 0.2) is 30.5 Å². The van der Waals surface area contributed by atoms with Gasteiger partial charge in [0.05, 0.1) is 10.6 Å². The maximum absolute atomic E-state index is 12.1. The summed E-state index contributed by atoms with van der Waals surface area (Å²) in [6.45, 7) is 1.86. The first-order valence-electron chi connectivity index (χ1n) is 5.68. The molecule has 0 saturated carbocycles. The van der Waals surface area contributed by atoms with Crippen molar-refractivity contribution in [3.05, 3.63) is 46.7 Å². The molecule has 6 heteroatoms. The number of carbonyl (C=O) groups excluding carboxylic acids is 1. The summed E-state index contributed by atoms with van der Waals surface area (Å²) < 4.78 is 0. The summed E-state index contributed by atoms with van der Waals surface area (Å²) in [5.74, 6) is 0.748. The van der Waals surface area contributed by atoms with E-state index in [-0.39, 0.29) is 5.91 Å². The van der Waals surface area contributed by atoms with Crippen molar-refractivity contribution in [3.8, 4) is 0 Å². The zero-order chi connectivity index (χ0) is 13.8. The van der Waals surface area contributed by atoms with Crippen LogP contribution < -0.4 is 10.6 Å². The minimum Gasteiger partial charge on any atom is -0.373 e. The number of pyridine rings is 2. The number of nitrogens with one attached hydrogen (secondary N) is 2. The van der Waals surface area contributed by atoms with Crippen LogP contribution in [0.4, 0.5) is 11.6 Å². The molecule has 2 aromatic heterocycles. The number of hydrogen-bond donors (Lipinski definition) is 2. The highest BCUT2D eigenvalue weighted by Gasteiger charge is 2.12. The maximum atomic E-state index is 12.1. The van der Waals surface area contributed by atoms with Crippen LogP contribution in [0.1, 0.15) is 16.1 Å². The number of anilines is 2. The second kappa shape index (κ2) is 5.67. The Balaban J connectivity index is 2.25. The summed E-state index contributed by atoms with van der Waals surface area (Å²) in [5.41, 5.74) is 1.18. The number of nitrogens with zero attached hydrogens (tertiary/aromatic N) is 2. The van der Waals surface area contributed by atoms with E-state index >= 15 is 0 Å². The van der Waals surface area contributed by atoms with Crippen molar-refractivity contribution in [2.24, 2.45) is 0 Å². The molecule has 0 spiro atoms. The molecule has 0 unspecified atom stereocenters. The summed E-state index contributed by atoms with van der Waals surface area (Å²) in [6.07, 6.45) is 1.44. The predicted octanol–water partition coefficient (Wildman–Crippen LogP) is 2.73. The Hall–Kier alpha value is -2.14. The van der Waals surface area contributed by atoms with E-state index in [1.807, 2.05) is 19.1 Å². The standard InChI is InChI=1S/C13H13ClN4O/c1-8-4-3-5-11(17-8)18-13(19)9-6-12(15-2)16-7-10(9)14/h3-7H,1-2H3,(H,15,16)(H,17,18,19). The highest BCUT2D eigenvalue weighted by Crippen LogP contribution is 2.19. The first-order chi connectivity index (χ1) is 9.10. The number of rotatable bonds is 3. The highest BCUT2D eigenvalue weighted by atomic mass is 35.5. The first-order valence-corrected chi connectivity index (χ1v) is 6.06. The van der Waals surface area contributed by atoms with E-state index in [9.17, 15) is 4.79 Å². The van der Waals surface area contributed by atoms with Crippen LogP contribution >= 0.6 is 11.6 Å². The minimum absolute atomic E-state index is 0.296. The van der Waals surface area contributed by atoms with Gasteiger partial charge < -0.3 is 10.6 Å².